The summed E-state index contributed by atoms with van der Waals surface area (Å²) in [6, 6.07) is 12.5. The standard InChI is InChI=1S/C25H25N3O6/c1-26-21-19(24(30)27(2)25(26)31)20(14-5-8-16(32-3)9-6-14)28-11-12-34-23(22(21)28)15-7-10-18(33-4)17(29)13-15/h5-10,13,23,29H,11-12H2,1-4H3. The van der Waals surface area contributed by atoms with E-state index in [9.17, 15) is 14.7 Å². The lowest BCUT2D eigenvalue weighted by Crippen LogP contribution is -2.37. The molecule has 34 heavy (non-hydrogen) atoms. The van der Waals surface area contributed by atoms with Crippen molar-refractivity contribution in [1.29, 1.82) is 0 Å². The predicted octanol–water partition coefficient (Wildman–Crippen LogP) is 2.55. The third-order valence-electron chi connectivity index (χ3n) is 6.42. The van der Waals surface area contributed by atoms with Crippen molar-refractivity contribution in [2.75, 3.05) is 20.8 Å². The van der Waals surface area contributed by atoms with Gasteiger partial charge in [-0.1, -0.05) is 6.07 Å². The van der Waals surface area contributed by atoms with E-state index in [1.165, 1.54) is 18.7 Å². The largest absolute Gasteiger partial charge is 0.504 e. The zero-order valence-corrected chi connectivity index (χ0v) is 19.4. The van der Waals surface area contributed by atoms with E-state index in [4.69, 9.17) is 14.2 Å². The van der Waals surface area contributed by atoms with Gasteiger partial charge in [0.2, 0.25) is 0 Å². The molecular weight excluding hydrogens is 438 g/mol. The average molecular weight is 463 g/mol. The van der Waals surface area contributed by atoms with E-state index >= 15 is 0 Å². The quantitative estimate of drug-likeness (QED) is 0.500. The smallest absolute Gasteiger partial charge is 0.331 e. The van der Waals surface area contributed by atoms with Crippen LogP contribution in [0.4, 0.5) is 0 Å². The maximum absolute atomic E-state index is 13.4. The topological polar surface area (TPSA) is 96.9 Å². The molecule has 9 heteroatoms. The van der Waals surface area contributed by atoms with Crippen LogP contribution >= 0.6 is 0 Å². The van der Waals surface area contributed by atoms with E-state index in [0.717, 1.165) is 15.8 Å². The Kier molecular flexibility index (Phi) is 5.21. The monoisotopic (exact) mass is 463 g/mol. The molecule has 4 aromatic rings. The van der Waals surface area contributed by atoms with E-state index in [2.05, 4.69) is 0 Å². The SMILES string of the molecule is COc1ccc(-c2c3c(=O)n(C)c(=O)n(C)c3c3n2CCOC3c2ccc(OC)c(O)c2)cc1. The van der Waals surface area contributed by atoms with Crippen LogP contribution in [0.3, 0.4) is 0 Å². The number of nitrogens with zero attached hydrogens (tertiary/aromatic N) is 3. The molecule has 2 aromatic heterocycles. The lowest BCUT2D eigenvalue weighted by Gasteiger charge is -2.28. The molecule has 1 aliphatic heterocycles. The highest BCUT2D eigenvalue weighted by molar-refractivity contribution is 5.96. The number of aromatic nitrogens is 3. The van der Waals surface area contributed by atoms with Gasteiger partial charge in [-0.05, 0) is 47.5 Å². The minimum atomic E-state index is -0.599. The molecule has 0 amide bonds. The fraction of sp³-hybridized carbons (Fsp3) is 0.280. The Balaban J connectivity index is 1.87. The number of phenols is 1. The van der Waals surface area contributed by atoms with Gasteiger partial charge in [-0.15, -0.1) is 0 Å². The summed E-state index contributed by atoms with van der Waals surface area (Å²) in [6.45, 7) is 0.893. The minimum Gasteiger partial charge on any atom is -0.504 e. The van der Waals surface area contributed by atoms with Crippen LogP contribution in [0, 0.1) is 0 Å². The number of hydrogen-bond acceptors (Lipinski definition) is 6. The molecule has 1 unspecified atom stereocenters. The molecule has 0 fully saturated rings. The maximum Gasteiger partial charge on any atom is 0.331 e. The van der Waals surface area contributed by atoms with Crippen LogP contribution in [0.1, 0.15) is 17.4 Å². The van der Waals surface area contributed by atoms with Crippen molar-refractivity contribution >= 4 is 10.9 Å². The first-order valence-corrected chi connectivity index (χ1v) is 10.8. The van der Waals surface area contributed by atoms with Gasteiger partial charge >= 0.3 is 5.69 Å². The zero-order chi connectivity index (χ0) is 24.1. The lowest BCUT2D eigenvalue weighted by atomic mass is 10.0. The average Bonchev–Trinajstić information content (AvgIpc) is 3.21. The first-order chi connectivity index (χ1) is 16.4. The first-order valence-electron chi connectivity index (χ1n) is 10.8. The van der Waals surface area contributed by atoms with Crippen molar-refractivity contribution < 1.29 is 19.3 Å². The molecule has 1 atom stereocenters. The Morgan fingerprint density at radius 2 is 1.74 bits per heavy atom. The zero-order valence-electron chi connectivity index (χ0n) is 19.4. The van der Waals surface area contributed by atoms with Crippen LogP contribution < -0.4 is 20.7 Å². The number of methoxy groups -OCH3 is 2. The van der Waals surface area contributed by atoms with Gasteiger partial charge in [-0.3, -0.25) is 13.9 Å². The Hall–Kier alpha value is -3.98. The number of phenolic OH excluding ortho intramolecular Hbond substituents is 1. The van der Waals surface area contributed by atoms with Crippen LogP contribution in [-0.4, -0.2) is 39.6 Å². The molecule has 0 spiro atoms. The lowest BCUT2D eigenvalue weighted by molar-refractivity contribution is 0.0477. The highest BCUT2D eigenvalue weighted by Gasteiger charge is 2.33. The van der Waals surface area contributed by atoms with Crippen LogP contribution in [0.5, 0.6) is 17.2 Å². The molecule has 3 heterocycles. The third-order valence-corrected chi connectivity index (χ3v) is 6.42. The van der Waals surface area contributed by atoms with E-state index in [1.54, 1.807) is 26.3 Å². The molecule has 1 aliphatic rings. The highest BCUT2D eigenvalue weighted by Crippen LogP contribution is 2.42. The van der Waals surface area contributed by atoms with Gasteiger partial charge in [-0.25, -0.2) is 4.79 Å². The summed E-state index contributed by atoms with van der Waals surface area (Å²) in [4.78, 5) is 26.3. The van der Waals surface area contributed by atoms with E-state index < -0.39 is 11.8 Å². The van der Waals surface area contributed by atoms with Gasteiger partial charge in [0.05, 0.1) is 43.1 Å². The van der Waals surface area contributed by atoms with Crippen LogP contribution in [0.2, 0.25) is 0 Å². The third kappa shape index (κ3) is 3.12. The van der Waals surface area contributed by atoms with Crippen molar-refractivity contribution in [3.63, 3.8) is 0 Å². The second kappa shape index (κ2) is 8.11. The van der Waals surface area contributed by atoms with Gasteiger partial charge in [0.15, 0.2) is 11.5 Å². The maximum atomic E-state index is 13.4. The van der Waals surface area contributed by atoms with E-state index in [-0.39, 0.29) is 11.3 Å². The fourth-order valence-corrected chi connectivity index (χ4v) is 4.75. The molecule has 1 N–H and O–H groups in total. The number of benzene rings is 2. The normalized spacial score (nSPS) is 15.4. The molecule has 5 rings (SSSR count). The molecule has 0 bridgehead atoms. The van der Waals surface area contributed by atoms with Gasteiger partial charge in [-0.2, -0.15) is 0 Å². The van der Waals surface area contributed by atoms with Crippen LogP contribution in [-0.2, 0) is 25.4 Å². The number of hydrogen-bond donors (Lipinski definition) is 1. The number of ether oxygens (including phenoxy) is 3. The second-order valence-corrected chi connectivity index (χ2v) is 8.23. The van der Waals surface area contributed by atoms with Gasteiger partial charge in [0.25, 0.3) is 5.56 Å². The molecule has 0 saturated carbocycles. The summed E-state index contributed by atoms with van der Waals surface area (Å²) < 4.78 is 21.3. The summed E-state index contributed by atoms with van der Waals surface area (Å²) in [5.74, 6) is 1.03. The number of rotatable bonds is 4. The first kappa shape index (κ1) is 21.8. The van der Waals surface area contributed by atoms with E-state index in [0.29, 0.717) is 46.8 Å². The Bertz CT molecular complexity index is 1530. The Morgan fingerprint density at radius 1 is 1.00 bits per heavy atom. The fourth-order valence-electron chi connectivity index (χ4n) is 4.75. The summed E-state index contributed by atoms with van der Waals surface area (Å²) in [6.07, 6.45) is -0.599. The van der Waals surface area contributed by atoms with Gasteiger partial charge < -0.3 is 23.9 Å². The summed E-state index contributed by atoms with van der Waals surface area (Å²) in [5.41, 5.74) is 2.64. The highest BCUT2D eigenvalue weighted by atomic mass is 16.5. The van der Waals surface area contributed by atoms with Crippen LogP contribution in [0.15, 0.2) is 52.1 Å². The number of aromatic hydroxyl groups is 1. The van der Waals surface area contributed by atoms with Crippen LogP contribution in [0.25, 0.3) is 22.2 Å². The molecular formula is C25H25N3O6. The van der Waals surface area contributed by atoms with Gasteiger partial charge in [0, 0.05) is 20.6 Å². The van der Waals surface area contributed by atoms with Gasteiger partial charge in [0.1, 0.15) is 11.9 Å². The molecule has 176 valence electrons. The molecule has 0 saturated heterocycles. The Labute approximate surface area is 195 Å². The predicted molar refractivity (Wildman–Crippen MR) is 127 cm³/mol. The van der Waals surface area contributed by atoms with E-state index in [1.807, 2.05) is 34.9 Å². The van der Waals surface area contributed by atoms with Crippen molar-refractivity contribution in [3.8, 4) is 28.5 Å². The molecule has 2 aromatic carbocycles. The molecule has 9 nitrogen and oxygen atoms in total. The number of aryl methyl sites for hydroxylation is 1. The van der Waals surface area contributed by atoms with Crippen molar-refractivity contribution in [2.24, 2.45) is 14.1 Å². The van der Waals surface area contributed by atoms with Crippen molar-refractivity contribution in [1.82, 2.24) is 13.7 Å². The number of fused-ring (bicyclic) bond motifs is 3. The Morgan fingerprint density at radius 3 is 2.38 bits per heavy atom. The summed E-state index contributed by atoms with van der Waals surface area (Å²) in [7, 11) is 6.21. The van der Waals surface area contributed by atoms with Crippen molar-refractivity contribution in [3.05, 3.63) is 74.6 Å². The molecule has 0 aliphatic carbocycles. The summed E-state index contributed by atoms with van der Waals surface area (Å²) >= 11 is 0. The second-order valence-electron chi connectivity index (χ2n) is 8.23. The minimum absolute atomic E-state index is 0.0169. The van der Waals surface area contributed by atoms with Crippen molar-refractivity contribution in [2.45, 2.75) is 12.6 Å². The summed E-state index contributed by atoms with van der Waals surface area (Å²) in [5, 5.41) is 10.8. The molecule has 0 radical (unpaired) electrons.